The minimum Gasteiger partial charge on any atom is -0.245 e. The van der Waals surface area contributed by atoms with Crippen molar-refractivity contribution >= 4 is 37.7 Å². The zero-order valence-corrected chi connectivity index (χ0v) is 16.0. The van der Waals surface area contributed by atoms with Gasteiger partial charge in [0.25, 0.3) is 0 Å². The Kier molecular flexibility index (Phi) is 3.95. The lowest BCUT2D eigenvalue weighted by molar-refractivity contribution is 1.34. The molecule has 3 aromatic carbocycles. The standard InChI is InChI=1S/C24H15BrN2/c25-22-14-12-18-10-9-17-11-13-21(26-23(17)24(18)27-22)20-8-4-7-19(15-20)16-5-2-1-3-6-16/h1-15H. The smallest absolute Gasteiger partial charge is 0.106 e. The summed E-state index contributed by atoms with van der Waals surface area (Å²) < 4.78 is 0.820. The summed E-state index contributed by atoms with van der Waals surface area (Å²) in [4.78, 5) is 9.62. The van der Waals surface area contributed by atoms with Crippen molar-refractivity contribution in [3.8, 4) is 22.4 Å². The number of nitrogens with zero attached hydrogens (tertiary/aromatic N) is 2. The summed E-state index contributed by atoms with van der Waals surface area (Å²) in [5, 5.41) is 2.18. The number of fused-ring (bicyclic) bond motifs is 3. The number of hydrogen-bond acceptors (Lipinski definition) is 2. The molecule has 128 valence electrons. The normalized spacial score (nSPS) is 11.1. The molecule has 0 amide bonds. The average molecular weight is 411 g/mol. The van der Waals surface area contributed by atoms with Crippen LogP contribution < -0.4 is 0 Å². The van der Waals surface area contributed by atoms with Gasteiger partial charge in [-0.15, -0.1) is 0 Å². The Balaban J connectivity index is 1.69. The Morgan fingerprint density at radius 3 is 1.96 bits per heavy atom. The van der Waals surface area contributed by atoms with Crippen molar-refractivity contribution in [2.75, 3.05) is 0 Å². The van der Waals surface area contributed by atoms with E-state index in [1.165, 1.54) is 11.1 Å². The maximum absolute atomic E-state index is 4.97. The SMILES string of the molecule is Brc1ccc2ccc3ccc(-c4cccc(-c5ccccc5)c4)nc3c2n1. The molecule has 0 fully saturated rings. The van der Waals surface area contributed by atoms with Crippen LogP contribution in [-0.4, -0.2) is 9.97 Å². The van der Waals surface area contributed by atoms with Gasteiger partial charge in [-0.1, -0.05) is 72.8 Å². The monoisotopic (exact) mass is 410 g/mol. The summed E-state index contributed by atoms with van der Waals surface area (Å²) in [6.07, 6.45) is 0. The fourth-order valence-electron chi connectivity index (χ4n) is 3.39. The van der Waals surface area contributed by atoms with Gasteiger partial charge in [0.05, 0.1) is 16.7 Å². The van der Waals surface area contributed by atoms with Crippen LogP contribution in [0.3, 0.4) is 0 Å². The maximum atomic E-state index is 4.97. The molecular formula is C24H15BrN2. The molecule has 0 atom stereocenters. The summed E-state index contributed by atoms with van der Waals surface area (Å²) in [7, 11) is 0. The second kappa shape index (κ2) is 6.60. The molecule has 0 aliphatic rings. The van der Waals surface area contributed by atoms with Crippen molar-refractivity contribution in [2.45, 2.75) is 0 Å². The molecule has 5 rings (SSSR count). The average Bonchev–Trinajstić information content (AvgIpc) is 2.74. The molecule has 2 nitrogen and oxygen atoms in total. The summed E-state index contributed by atoms with van der Waals surface area (Å²) in [6, 6.07) is 31.3. The van der Waals surface area contributed by atoms with E-state index in [-0.39, 0.29) is 0 Å². The lowest BCUT2D eigenvalue weighted by atomic mass is 10.0. The molecule has 27 heavy (non-hydrogen) atoms. The first-order valence-electron chi connectivity index (χ1n) is 8.80. The topological polar surface area (TPSA) is 25.8 Å². The van der Waals surface area contributed by atoms with Gasteiger partial charge in [-0.05, 0) is 45.3 Å². The van der Waals surface area contributed by atoms with Crippen LogP contribution in [0.2, 0.25) is 0 Å². The summed E-state index contributed by atoms with van der Waals surface area (Å²) in [5.41, 5.74) is 6.30. The van der Waals surface area contributed by atoms with E-state index in [1.54, 1.807) is 0 Å². The van der Waals surface area contributed by atoms with E-state index < -0.39 is 0 Å². The van der Waals surface area contributed by atoms with Crippen LogP contribution in [0.1, 0.15) is 0 Å². The Morgan fingerprint density at radius 1 is 0.519 bits per heavy atom. The number of halogens is 1. The first-order valence-corrected chi connectivity index (χ1v) is 9.59. The van der Waals surface area contributed by atoms with Gasteiger partial charge < -0.3 is 0 Å². The molecule has 0 N–H and O–H groups in total. The van der Waals surface area contributed by atoms with Crippen molar-refractivity contribution in [2.24, 2.45) is 0 Å². The first kappa shape index (κ1) is 16.2. The number of pyridine rings is 2. The third-order valence-corrected chi connectivity index (χ3v) is 5.19. The highest BCUT2D eigenvalue weighted by Crippen LogP contribution is 2.29. The predicted octanol–water partition coefficient (Wildman–Crippen LogP) is 6.88. The van der Waals surface area contributed by atoms with Crippen molar-refractivity contribution in [1.82, 2.24) is 9.97 Å². The van der Waals surface area contributed by atoms with E-state index >= 15 is 0 Å². The molecule has 0 bridgehead atoms. The van der Waals surface area contributed by atoms with Gasteiger partial charge in [-0.2, -0.15) is 0 Å². The number of aromatic nitrogens is 2. The zero-order valence-electron chi connectivity index (χ0n) is 14.4. The van der Waals surface area contributed by atoms with Crippen LogP contribution in [-0.2, 0) is 0 Å². The molecule has 3 heteroatoms. The van der Waals surface area contributed by atoms with E-state index in [0.717, 1.165) is 37.7 Å². The van der Waals surface area contributed by atoms with E-state index in [4.69, 9.17) is 4.98 Å². The molecule has 2 aromatic heterocycles. The third-order valence-electron chi connectivity index (χ3n) is 4.75. The summed E-state index contributed by atoms with van der Waals surface area (Å²) in [5.74, 6) is 0. The minimum atomic E-state index is 0.820. The zero-order chi connectivity index (χ0) is 18.2. The van der Waals surface area contributed by atoms with Crippen LogP contribution in [0.5, 0.6) is 0 Å². The van der Waals surface area contributed by atoms with Gasteiger partial charge in [0.1, 0.15) is 4.60 Å². The molecule has 0 aliphatic carbocycles. The van der Waals surface area contributed by atoms with Crippen molar-refractivity contribution in [3.05, 3.63) is 95.6 Å². The molecule has 0 saturated carbocycles. The Bertz CT molecular complexity index is 1280. The number of benzene rings is 3. The van der Waals surface area contributed by atoms with Crippen molar-refractivity contribution in [1.29, 1.82) is 0 Å². The molecule has 5 aromatic rings. The highest BCUT2D eigenvalue weighted by atomic mass is 79.9. The van der Waals surface area contributed by atoms with Gasteiger partial charge in [0.2, 0.25) is 0 Å². The van der Waals surface area contributed by atoms with E-state index in [2.05, 4.69) is 99.8 Å². The van der Waals surface area contributed by atoms with Crippen LogP contribution >= 0.6 is 15.9 Å². The fourth-order valence-corrected chi connectivity index (χ4v) is 3.70. The highest BCUT2D eigenvalue weighted by Gasteiger charge is 2.08. The molecule has 0 saturated heterocycles. The van der Waals surface area contributed by atoms with Crippen molar-refractivity contribution < 1.29 is 0 Å². The van der Waals surface area contributed by atoms with Gasteiger partial charge in [-0.3, -0.25) is 0 Å². The van der Waals surface area contributed by atoms with E-state index in [9.17, 15) is 0 Å². The predicted molar refractivity (Wildman–Crippen MR) is 116 cm³/mol. The minimum absolute atomic E-state index is 0.820. The van der Waals surface area contributed by atoms with Gasteiger partial charge in [-0.25, -0.2) is 9.97 Å². The highest BCUT2D eigenvalue weighted by molar-refractivity contribution is 9.10. The largest absolute Gasteiger partial charge is 0.245 e. The second-order valence-corrected chi connectivity index (χ2v) is 7.30. The van der Waals surface area contributed by atoms with Crippen LogP contribution in [0.15, 0.2) is 95.6 Å². The second-order valence-electron chi connectivity index (χ2n) is 6.49. The molecule has 0 radical (unpaired) electrons. The molecule has 0 aliphatic heterocycles. The Morgan fingerprint density at radius 2 is 1.15 bits per heavy atom. The molecule has 0 spiro atoms. The van der Waals surface area contributed by atoms with Gasteiger partial charge in [0.15, 0.2) is 0 Å². The number of rotatable bonds is 2. The molecular weight excluding hydrogens is 396 g/mol. The lowest BCUT2D eigenvalue weighted by Gasteiger charge is -2.08. The van der Waals surface area contributed by atoms with Crippen molar-refractivity contribution in [3.63, 3.8) is 0 Å². The fraction of sp³-hybridized carbons (Fsp3) is 0. The first-order chi connectivity index (χ1) is 13.3. The summed E-state index contributed by atoms with van der Waals surface area (Å²) >= 11 is 3.48. The van der Waals surface area contributed by atoms with E-state index in [0.29, 0.717) is 0 Å². The lowest BCUT2D eigenvalue weighted by Crippen LogP contribution is -1.89. The van der Waals surface area contributed by atoms with Gasteiger partial charge >= 0.3 is 0 Å². The van der Waals surface area contributed by atoms with Gasteiger partial charge in [0, 0.05) is 16.3 Å². The number of hydrogen-bond donors (Lipinski definition) is 0. The van der Waals surface area contributed by atoms with E-state index in [1.807, 2.05) is 12.1 Å². The Hall–Kier alpha value is -3.04. The van der Waals surface area contributed by atoms with Crippen LogP contribution in [0, 0.1) is 0 Å². The molecule has 2 heterocycles. The summed E-state index contributed by atoms with van der Waals surface area (Å²) in [6.45, 7) is 0. The third kappa shape index (κ3) is 3.00. The quantitative estimate of drug-likeness (QED) is 0.234. The van der Waals surface area contributed by atoms with Crippen LogP contribution in [0.25, 0.3) is 44.2 Å². The Labute approximate surface area is 165 Å². The van der Waals surface area contributed by atoms with Crippen LogP contribution in [0.4, 0.5) is 0 Å². The molecule has 0 unspecified atom stereocenters. The maximum Gasteiger partial charge on any atom is 0.106 e.